The summed E-state index contributed by atoms with van der Waals surface area (Å²) in [6, 6.07) is 9.33. The third-order valence-corrected chi connectivity index (χ3v) is 5.93. The fraction of sp³-hybridized carbons (Fsp3) is 0.462. The molecule has 2 fully saturated rings. The molecule has 0 atom stereocenters. The van der Waals surface area contributed by atoms with Crippen LogP contribution in [0.4, 0.5) is 11.5 Å². The molecule has 1 aliphatic heterocycles. The van der Waals surface area contributed by atoms with E-state index in [1.807, 2.05) is 54.6 Å². The molecule has 0 unspecified atom stereocenters. The predicted octanol–water partition coefficient (Wildman–Crippen LogP) is 3.79. The molecule has 0 bridgehead atoms. The highest BCUT2D eigenvalue weighted by Gasteiger charge is 2.25. The Morgan fingerprint density at radius 3 is 2.54 bits per heavy atom. The minimum atomic E-state index is -0.153. The maximum atomic E-state index is 12.8. The average molecular weight is 478 g/mol. The molecule has 5 rings (SSSR count). The Morgan fingerprint density at radius 1 is 1.23 bits per heavy atom. The summed E-state index contributed by atoms with van der Waals surface area (Å²) in [7, 11) is 0. The lowest BCUT2D eigenvalue weighted by atomic mass is 10.1. The number of aromatic amines is 1. The van der Waals surface area contributed by atoms with Gasteiger partial charge in [-0.3, -0.25) is 14.3 Å². The molecule has 3 aromatic rings. The average Bonchev–Trinajstić information content (AvgIpc) is 3.62. The Labute approximate surface area is 206 Å². The van der Waals surface area contributed by atoms with Crippen LogP contribution >= 0.6 is 0 Å². The van der Waals surface area contributed by atoms with Gasteiger partial charge in [0, 0.05) is 57.1 Å². The van der Waals surface area contributed by atoms with Crippen molar-refractivity contribution < 1.29 is 4.79 Å². The zero-order chi connectivity index (χ0) is 25.4. The first-order chi connectivity index (χ1) is 17.0. The van der Waals surface area contributed by atoms with Crippen LogP contribution < -0.4 is 16.2 Å². The van der Waals surface area contributed by atoms with E-state index in [9.17, 15) is 9.59 Å². The Balaban J connectivity index is 0.000000638. The van der Waals surface area contributed by atoms with Crippen molar-refractivity contribution in [3.63, 3.8) is 0 Å². The lowest BCUT2D eigenvalue weighted by molar-refractivity contribution is 0.0735. The Bertz CT molecular complexity index is 1240. The summed E-state index contributed by atoms with van der Waals surface area (Å²) in [6.45, 7) is 11.3. The van der Waals surface area contributed by atoms with Gasteiger partial charge in [-0.05, 0) is 55.5 Å². The monoisotopic (exact) mass is 477 g/mol. The number of benzene rings is 1. The lowest BCUT2D eigenvalue weighted by Crippen LogP contribution is -2.46. The second kappa shape index (κ2) is 12.2. The smallest absolute Gasteiger partial charge is 0.261 e. The van der Waals surface area contributed by atoms with Crippen molar-refractivity contribution in [2.75, 3.05) is 31.5 Å². The number of fused-ring (bicyclic) bond motifs is 1. The Morgan fingerprint density at radius 2 is 1.91 bits per heavy atom. The van der Waals surface area contributed by atoms with Crippen LogP contribution in [0.1, 0.15) is 49.5 Å². The molecule has 3 heterocycles. The highest BCUT2D eigenvalue weighted by Crippen LogP contribution is 2.32. The molecule has 1 amide bonds. The molecule has 186 valence electrons. The number of carbonyl (C=O) groups is 1. The third kappa shape index (κ3) is 6.28. The van der Waals surface area contributed by atoms with Gasteiger partial charge in [0.25, 0.3) is 11.5 Å². The van der Waals surface area contributed by atoms with Crippen molar-refractivity contribution in [1.82, 2.24) is 25.0 Å². The summed E-state index contributed by atoms with van der Waals surface area (Å²) in [5, 5.41) is 19.1. The van der Waals surface area contributed by atoms with Crippen molar-refractivity contribution in [3.8, 4) is 6.07 Å². The van der Waals surface area contributed by atoms with Crippen molar-refractivity contribution in [3.05, 3.63) is 51.9 Å². The summed E-state index contributed by atoms with van der Waals surface area (Å²) in [4.78, 5) is 30.0. The molecule has 0 radical (unpaired) electrons. The van der Waals surface area contributed by atoms with Crippen molar-refractivity contribution >= 4 is 28.3 Å². The Kier molecular flexibility index (Phi) is 9.04. The number of aromatic nitrogens is 3. The van der Waals surface area contributed by atoms with Crippen molar-refractivity contribution in [2.45, 2.75) is 47.1 Å². The van der Waals surface area contributed by atoms with E-state index >= 15 is 0 Å². The highest BCUT2D eigenvalue weighted by atomic mass is 16.2. The molecule has 9 heteroatoms. The van der Waals surface area contributed by atoms with E-state index in [0.717, 1.165) is 49.5 Å². The summed E-state index contributed by atoms with van der Waals surface area (Å²) in [6.07, 6.45) is 4.10. The number of anilines is 2. The number of pyridine rings is 1. The molecule has 2 aromatic heterocycles. The molecule has 1 aliphatic carbocycles. The molecule has 1 aromatic carbocycles. The fourth-order valence-electron chi connectivity index (χ4n) is 4.06. The number of rotatable bonds is 5. The maximum absolute atomic E-state index is 12.8. The molecule has 3 N–H and O–H groups in total. The first-order valence-corrected chi connectivity index (χ1v) is 12.3. The number of piperazine rings is 1. The first kappa shape index (κ1) is 26.0. The quantitative estimate of drug-likeness (QED) is 0.514. The molecule has 1 saturated heterocycles. The van der Waals surface area contributed by atoms with Gasteiger partial charge in [0.05, 0.1) is 11.6 Å². The number of hydrogen-bond donors (Lipinski definition) is 3. The van der Waals surface area contributed by atoms with Crippen LogP contribution in [-0.2, 0) is 6.54 Å². The standard InChI is InChI=1S/C22H26N6O2.C2H3N.C2H6/c1-14-12-16(4-5-17(14)22(30)27-10-8-23-9-11-27)25-20-19-18(6-7-24-21(19)29)28(26-20)13-15-2-3-15;1-2-3;1-2/h4-7,12,15,23H,2-3,8-11,13H2,1H3,(H,24,29)(H,25,26);1H3;1-2H3. The summed E-state index contributed by atoms with van der Waals surface area (Å²) < 4.78 is 1.93. The topological polar surface area (TPSA) is 119 Å². The van der Waals surface area contributed by atoms with Crippen LogP contribution in [0.15, 0.2) is 35.3 Å². The van der Waals surface area contributed by atoms with Gasteiger partial charge in [0.2, 0.25) is 0 Å². The minimum absolute atomic E-state index is 0.0659. The van der Waals surface area contributed by atoms with Crippen LogP contribution in [0, 0.1) is 24.2 Å². The number of hydrogen-bond acceptors (Lipinski definition) is 6. The van der Waals surface area contributed by atoms with E-state index in [1.54, 1.807) is 12.3 Å². The fourth-order valence-corrected chi connectivity index (χ4v) is 4.06. The van der Waals surface area contributed by atoms with Gasteiger partial charge in [-0.15, -0.1) is 0 Å². The molecular formula is C26H35N7O2. The first-order valence-electron chi connectivity index (χ1n) is 12.3. The van der Waals surface area contributed by atoms with Gasteiger partial charge in [0.15, 0.2) is 5.82 Å². The molecule has 35 heavy (non-hydrogen) atoms. The summed E-state index contributed by atoms with van der Waals surface area (Å²) in [5.41, 5.74) is 3.11. The minimum Gasteiger partial charge on any atom is -0.338 e. The van der Waals surface area contributed by atoms with Crippen molar-refractivity contribution in [1.29, 1.82) is 5.26 Å². The van der Waals surface area contributed by atoms with Gasteiger partial charge >= 0.3 is 0 Å². The zero-order valence-corrected chi connectivity index (χ0v) is 21.0. The van der Waals surface area contributed by atoms with Crippen LogP contribution in [0.5, 0.6) is 0 Å². The number of H-pyrrole nitrogens is 1. The maximum Gasteiger partial charge on any atom is 0.261 e. The van der Waals surface area contributed by atoms with Gasteiger partial charge in [-0.1, -0.05) is 13.8 Å². The van der Waals surface area contributed by atoms with E-state index in [4.69, 9.17) is 5.26 Å². The molecule has 0 spiro atoms. The summed E-state index contributed by atoms with van der Waals surface area (Å²) >= 11 is 0. The van der Waals surface area contributed by atoms with E-state index in [0.29, 0.717) is 22.7 Å². The van der Waals surface area contributed by atoms with Gasteiger partial charge < -0.3 is 20.5 Å². The number of nitrogens with one attached hydrogen (secondary N) is 3. The van der Waals surface area contributed by atoms with E-state index in [2.05, 4.69) is 20.7 Å². The second-order valence-electron chi connectivity index (χ2n) is 8.46. The van der Waals surface area contributed by atoms with Crippen LogP contribution in [0.2, 0.25) is 0 Å². The number of nitrogens with zero attached hydrogens (tertiary/aromatic N) is 4. The van der Waals surface area contributed by atoms with Gasteiger partial charge in [-0.25, -0.2) is 0 Å². The highest BCUT2D eigenvalue weighted by molar-refractivity contribution is 5.96. The number of carbonyl (C=O) groups excluding carboxylic acids is 1. The van der Waals surface area contributed by atoms with E-state index < -0.39 is 0 Å². The van der Waals surface area contributed by atoms with Crippen LogP contribution in [0.25, 0.3) is 10.9 Å². The predicted molar refractivity (Wildman–Crippen MR) is 139 cm³/mol. The van der Waals surface area contributed by atoms with Crippen molar-refractivity contribution in [2.24, 2.45) is 5.92 Å². The number of aryl methyl sites for hydroxylation is 1. The largest absolute Gasteiger partial charge is 0.338 e. The molecular weight excluding hydrogens is 442 g/mol. The number of nitriles is 1. The lowest BCUT2D eigenvalue weighted by Gasteiger charge is -2.28. The third-order valence-electron chi connectivity index (χ3n) is 5.93. The number of amides is 1. The molecule has 2 aliphatic rings. The normalized spacial score (nSPS) is 14.8. The van der Waals surface area contributed by atoms with Gasteiger partial charge in [0.1, 0.15) is 5.39 Å². The van der Waals surface area contributed by atoms with E-state index in [1.165, 1.54) is 19.8 Å². The van der Waals surface area contributed by atoms with Gasteiger partial charge in [-0.2, -0.15) is 10.4 Å². The SMILES string of the molecule is CC.CC#N.Cc1cc(Nc2nn(CC3CC3)c3cc[nH]c(=O)c23)ccc1C(=O)N1CCNCC1. The second-order valence-corrected chi connectivity index (χ2v) is 8.46. The zero-order valence-electron chi connectivity index (χ0n) is 21.0. The summed E-state index contributed by atoms with van der Waals surface area (Å²) in [5.74, 6) is 1.27. The molecule has 9 nitrogen and oxygen atoms in total. The van der Waals surface area contributed by atoms with E-state index in [-0.39, 0.29) is 11.5 Å². The Hall–Kier alpha value is -3.64. The van der Waals surface area contributed by atoms with Crippen LogP contribution in [-0.4, -0.2) is 51.8 Å². The van der Waals surface area contributed by atoms with Crippen LogP contribution in [0.3, 0.4) is 0 Å². The molecule has 1 saturated carbocycles.